The van der Waals surface area contributed by atoms with Crippen LogP contribution in [-0.2, 0) is 34.9 Å². The van der Waals surface area contributed by atoms with Gasteiger partial charge in [0.05, 0.1) is 46.1 Å². The summed E-state index contributed by atoms with van der Waals surface area (Å²) in [6, 6.07) is 8.06. The standard InChI is InChI=1S/C24H42N2O6S2/c1-3-25-10-14-29-16-18-31-19-17-30-15-11-26-24(27)20-22-6-8-23(9-7-22)34-33-21-32-13-5-4-12-28-2/h6-9,25H,3-5,10-21H2,1-2H3,(H,26,27). The molecular weight excluding hydrogens is 476 g/mol. The zero-order chi connectivity index (χ0) is 24.5. The second-order valence-electron chi connectivity index (χ2n) is 7.29. The average molecular weight is 519 g/mol. The third-order valence-electron chi connectivity index (χ3n) is 4.45. The summed E-state index contributed by atoms with van der Waals surface area (Å²) in [7, 11) is 5.06. The van der Waals surface area contributed by atoms with E-state index in [1.807, 2.05) is 24.3 Å². The van der Waals surface area contributed by atoms with E-state index in [1.165, 1.54) is 0 Å². The van der Waals surface area contributed by atoms with Crippen LogP contribution >= 0.6 is 21.6 Å². The van der Waals surface area contributed by atoms with Crippen molar-refractivity contribution in [3.8, 4) is 0 Å². The van der Waals surface area contributed by atoms with Gasteiger partial charge >= 0.3 is 0 Å². The highest BCUT2D eigenvalue weighted by Crippen LogP contribution is 2.31. The van der Waals surface area contributed by atoms with Crippen LogP contribution < -0.4 is 10.6 Å². The number of hydrogen-bond donors (Lipinski definition) is 2. The molecule has 1 aromatic rings. The van der Waals surface area contributed by atoms with Crippen LogP contribution in [0.1, 0.15) is 25.3 Å². The molecule has 1 aromatic carbocycles. The maximum absolute atomic E-state index is 12.1. The average Bonchev–Trinajstić information content (AvgIpc) is 2.84. The van der Waals surface area contributed by atoms with Crippen molar-refractivity contribution in [1.29, 1.82) is 0 Å². The van der Waals surface area contributed by atoms with Gasteiger partial charge in [0.2, 0.25) is 5.91 Å². The van der Waals surface area contributed by atoms with Gasteiger partial charge < -0.3 is 34.3 Å². The third-order valence-corrected chi connectivity index (χ3v) is 6.51. The van der Waals surface area contributed by atoms with Gasteiger partial charge in [-0.2, -0.15) is 0 Å². The van der Waals surface area contributed by atoms with E-state index in [2.05, 4.69) is 17.6 Å². The Labute approximate surface area is 212 Å². The van der Waals surface area contributed by atoms with E-state index in [4.69, 9.17) is 23.7 Å². The topological polar surface area (TPSA) is 87.3 Å². The van der Waals surface area contributed by atoms with E-state index >= 15 is 0 Å². The second-order valence-corrected chi connectivity index (χ2v) is 9.61. The maximum Gasteiger partial charge on any atom is 0.224 e. The molecule has 0 aliphatic heterocycles. The number of ether oxygens (including phenoxy) is 5. The minimum Gasteiger partial charge on any atom is -0.385 e. The quantitative estimate of drug-likeness (QED) is 0.122. The van der Waals surface area contributed by atoms with Gasteiger partial charge in [0.25, 0.3) is 0 Å². The van der Waals surface area contributed by atoms with Gasteiger partial charge in [-0.05, 0) is 37.1 Å². The first-order valence-electron chi connectivity index (χ1n) is 11.9. The number of rotatable bonds is 24. The molecule has 1 amide bonds. The highest BCUT2D eigenvalue weighted by atomic mass is 33.1. The highest BCUT2D eigenvalue weighted by Gasteiger charge is 2.04. The molecule has 1 rings (SSSR count). The van der Waals surface area contributed by atoms with Gasteiger partial charge in [0.15, 0.2) is 0 Å². The van der Waals surface area contributed by atoms with Crippen LogP contribution in [0.3, 0.4) is 0 Å². The van der Waals surface area contributed by atoms with E-state index in [9.17, 15) is 4.79 Å². The molecule has 0 fully saturated rings. The lowest BCUT2D eigenvalue weighted by molar-refractivity contribution is -0.120. The second kappa shape index (κ2) is 23.9. The maximum atomic E-state index is 12.1. The van der Waals surface area contributed by atoms with Gasteiger partial charge in [-0.15, -0.1) is 0 Å². The van der Waals surface area contributed by atoms with E-state index in [0.717, 1.165) is 49.6 Å². The van der Waals surface area contributed by atoms with Crippen LogP contribution in [0.15, 0.2) is 29.2 Å². The molecule has 0 aromatic heterocycles. The minimum absolute atomic E-state index is 0.00814. The zero-order valence-electron chi connectivity index (χ0n) is 20.7. The Bertz CT molecular complexity index is 595. The molecule has 0 heterocycles. The fourth-order valence-electron chi connectivity index (χ4n) is 2.67. The predicted molar refractivity (Wildman–Crippen MR) is 140 cm³/mol. The summed E-state index contributed by atoms with van der Waals surface area (Å²) in [6.45, 7) is 9.26. The van der Waals surface area contributed by atoms with Crippen molar-refractivity contribution in [1.82, 2.24) is 10.6 Å². The largest absolute Gasteiger partial charge is 0.385 e. The lowest BCUT2D eigenvalue weighted by atomic mass is 10.1. The van der Waals surface area contributed by atoms with E-state index < -0.39 is 0 Å². The molecule has 8 nitrogen and oxygen atoms in total. The molecule has 0 saturated carbocycles. The first kappa shape index (κ1) is 31.2. The molecule has 0 aliphatic carbocycles. The number of benzene rings is 1. The number of nitrogens with one attached hydrogen (secondary N) is 2. The number of hydrogen-bond acceptors (Lipinski definition) is 9. The van der Waals surface area contributed by atoms with Gasteiger partial charge in [0, 0.05) is 38.3 Å². The summed E-state index contributed by atoms with van der Waals surface area (Å²) >= 11 is 0. The Hall–Kier alpha value is -0.850. The lowest BCUT2D eigenvalue weighted by Crippen LogP contribution is -2.29. The third kappa shape index (κ3) is 19.5. The Morgan fingerprint density at radius 3 is 2.15 bits per heavy atom. The molecular formula is C24H42N2O6S2. The molecule has 10 heteroatoms. The summed E-state index contributed by atoms with van der Waals surface area (Å²) in [5.41, 5.74) is 0.989. The van der Waals surface area contributed by atoms with Crippen molar-refractivity contribution >= 4 is 27.5 Å². The van der Waals surface area contributed by atoms with Gasteiger partial charge in [0.1, 0.15) is 5.94 Å². The van der Waals surface area contributed by atoms with Crippen molar-refractivity contribution in [2.24, 2.45) is 0 Å². The molecule has 0 saturated heterocycles. The molecule has 2 N–H and O–H groups in total. The van der Waals surface area contributed by atoms with Crippen LogP contribution in [0.25, 0.3) is 0 Å². The summed E-state index contributed by atoms with van der Waals surface area (Å²) in [6.07, 6.45) is 2.41. The van der Waals surface area contributed by atoms with Gasteiger partial charge in [-0.3, -0.25) is 4.79 Å². The fraction of sp³-hybridized carbons (Fsp3) is 0.708. The number of unbranched alkanes of at least 4 members (excludes halogenated alkanes) is 1. The first-order chi connectivity index (χ1) is 16.8. The molecule has 196 valence electrons. The smallest absolute Gasteiger partial charge is 0.224 e. The Kier molecular flexibility index (Phi) is 21.9. The summed E-state index contributed by atoms with van der Waals surface area (Å²) < 4.78 is 26.9. The molecule has 0 aliphatic rings. The minimum atomic E-state index is -0.00814. The zero-order valence-corrected chi connectivity index (χ0v) is 22.3. The molecule has 0 atom stereocenters. The number of likely N-dealkylation sites (N-methyl/N-ethyl adjacent to an activating group) is 1. The monoisotopic (exact) mass is 518 g/mol. The van der Waals surface area contributed by atoms with Crippen molar-refractivity contribution < 1.29 is 28.5 Å². The van der Waals surface area contributed by atoms with Gasteiger partial charge in [-0.25, -0.2) is 0 Å². The van der Waals surface area contributed by atoms with E-state index in [-0.39, 0.29) is 5.91 Å². The Morgan fingerprint density at radius 1 is 0.824 bits per heavy atom. The lowest BCUT2D eigenvalue weighted by Gasteiger charge is -2.08. The Balaban J connectivity index is 1.94. The number of carbonyl (C=O) groups is 1. The van der Waals surface area contributed by atoms with Gasteiger partial charge in [-0.1, -0.05) is 40.6 Å². The molecule has 0 unspecified atom stereocenters. The van der Waals surface area contributed by atoms with Crippen LogP contribution in [0, 0.1) is 0 Å². The highest BCUT2D eigenvalue weighted by molar-refractivity contribution is 8.76. The number of carbonyl (C=O) groups excluding carboxylic acids is 1. The van der Waals surface area contributed by atoms with Crippen molar-refractivity contribution in [2.75, 3.05) is 85.5 Å². The summed E-state index contributed by atoms with van der Waals surface area (Å²) in [5.74, 6) is 0.646. The van der Waals surface area contributed by atoms with Crippen molar-refractivity contribution in [2.45, 2.75) is 31.1 Å². The van der Waals surface area contributed by atoms with Crippen molar-refractivity contribution in [3.63, 3.8) is 0 Å². The molecule has 0 spiro atoms. The van der Waals surface area contributed by atoms with Crippen LogP contribution in [0.5, 0.6) is 0 Å². The normalized spacial score (nSPS) is 11.1. The summed E-state index contributed by atoms with van der Waals surface area (Å²) in [5, 5.41) is 6.08. The van der Waals surface area contributed by atoms with E-state index in [0.29, 0.717) is 58.5 Å². The number of methoxy groups -OCH3 is 1. The van der Waals surface area contributed by atoms with Crippen molar-refractivity contribution in [3.05, 3.63) is 29.8 Å². The first-order valence-corrected chi connectivity index (χ1v) is 14.2. The van der Waals surface area contributed by atoms with Crippen LogP contribution in [-0.4, -0.2) is 91.4 Å². The predicted octanol–water partition coefficient (Wildman–Crippen LogP) is 3.15. The SMILES string of the molecule is CCNCCOCCOCCOCCNC(=O)Cc1ccc(SSCOCCCCOC)cc1. The molecule has 34 heavy (non-hydrogen) atoms. The van der Waals surface area contributed by atoms with Crippen LogP contribution in [0.2, 0.25) is 0 Å². The molecule has 0 bridgehead atoms. The number of amides is 1. The Morgan fingerprint density at radius 2 is 1.47 bits per heavy atom. The summed E-state index contributed by atoms with van der Waals surface area (Å²) in [4.78, 5) is 13.2. The molecule has 0 radical (unpaired) electrons. The van der Waals surface area contributed by atoms with E-state index in [1.54, 1.807) is 28.7 Å². The fourth-order valence-corrected chi connectivity index (χ4v) is 4.38. The van der Waals surface area contributed by atoms with Crippen LogP contribution in [0.4, 0.5) is 0 Å².